The van der Waals surface area contributed by atoms with Gasteiger partial charge in [0.1, 0.15) is 11.5 Å². The highest BCUT2D eigenvalue weighted by molar-refractivity contribution is 6.33. The van der Waals surface area contributed by atoms with E-state index in [1.165, 1.54) is 0 Å². The lowest BCUT2D eigenvalue weighted by atomic mass is 10.2. The second kappa shape index (κ2) is 5.39. The van der Waals surface area contributed by atoms with Crippen LogP contribution < -0.4 is 5.32 Å². The summed E-state index contributed by atoms with van der Waals surface area (Å²) in [6.45, 7) is 0. The molecular weight excluding hydrogens is 296 g/mol. The topological polar surface area (TPSA) is 35.8 Å². The smallest absolute Gasteiger partial charge is 0.151 e. The third-order valence-electron chi connectivity index (χ3n) is 2.43. The standard InChI is InChI=1S/C13H5ClF4N2/c14-8-3-7(15)4-11(18)12(8)20-13-9(16)1-6(5-19)2-10(13)17/h1-4,20H. The number of nitrogens with one attached hydrogen (secondary N) is 1. The van der Waals surface area contributed by atoms with Crippen LogP contribution in [0, 0.1) is 34.6 Å². The van der Waals surface area contributed by atoms with Crippen LogP contribution in [0.1, 0.15) is 5.56 Å². The average Bonchev–Trinajstić information content (AvgIpc) is 2.35. The van der Waals surface area contributed by atoms with E-state index >= 15 is 0 Å². The molecule has 0 unspecified atom stereocenters. The maximum Gasteiger partial charge on any atom is 0.151 e. The van der Waals surface area contributed by atoms with Crippen LogP contribution >= 0.6 is 11.6 Å². The van der Waals surface area contributed by atoms with E-state index in [0.29, 0.717) is 6.07 Å². The first-order chi connectivity index (χ1) is 9.42. The van der Waals surface area contributed by atoms with Gasteiger partial charge < -0.3 is 5.32 Å². The molecule has 20 heavy (non-hydrogen) atoms. The summed E-state index contributed by atoms with van der Waals surface area (Å²) in [5.74, 6) is -4.21. The first kappa shape index (κ1) is 14.2. The van der Waals surface area contributed by atoms with Crippen molar-refractivity contribution >= 4 is 23.0 Å². The van der Waals surface area contributed by atoms with Gasteiger partial charge in [0, 0.05) is 6.07 Å². The molecule has 2 rings (SSSR count). The number of hydrogen-bond donors (Lipinski definition) is 1. The molecule has 0 radical (unpaired) electrons. The minimum atomic E-state index is -1.10. The summed E-state index contributed by atoms with van der Waals surface area (Å²) in [5, 5.41) is 10.3. The Bertz CT molecular complexity index is 679. The zero-order chi connectivity index (χ0) is 14.9. The molecule has 0 heterocycles. The summed E-state index contributed by atoms with van der Waals surface area (Å²) < 4.78 is 53.7. The molecule has 0 aliphatic carbocycles. The van der Waals surface area contributed by atoms with E-state index in [9.17, 15) is 17.6 Å². The van der Waals surface area contributed by atoms with Crippen LogP contribution in [-0.4, -0.2) is 0 Å². The van der Waals surface area contributed by atoms with E-state index < -0.39 is 34.6 Å². The third-order valence-corrected chi connectivity index (χ3v) is 2.73. The molecule has 0 fully saturated rings. The van der Waals surface area contributed by atoms with Crippen molar-refractivity contribution in [1.29, 1.82) is 5.26 Å². The van der Waals surface area contributed by atoms with Crippen molar-refractivity contribution in [2.24, 2.45) is 0 Å². The Morgan fingerprint density at radius 2 is 1.45 bits per heavy atom. The van der Waals surface area contributed by atoms with E-state index in [2.05, 4.69) is 5.32 Å². The van der Waals surface area contributed by atoms with Crippen LogP contribution in [-0.2, 0) is 0 Å². The molecule has 1 N–H and O–H groups in total. The first-order valence-electron chi connectivity index (χ1n) is 5.23. The van der Waals surface area contributed by atoms with Crippen molar-refractivity contribution in [2.45, 2.75) is 0 Å². The lowest BCUT2D eigenvalue weighted by Crippen LogP contribution is -2.01. The molecule has 0 bridgehead atoms. The van der Waals surface area contributed by atoms with E-state index in [-0.39, 0.29) is 10.6 Å². The van der Waals surface area contributed by atoms with Crippen molar-refractivity contribution in [2.75, 3.05) is 5.32 Å². The quantitative estimate of drug-likeness (QED) is 0.828. The Morgan fingerprint density at radius 3 is 1.95 bits per heavy atom. The SMILES string of the molecule is N#Cc1cc(F)c(Nc2c(F)cc(F)cc2Cl)c(F)c1. The number of rotatable bonds is 2. The van der Waals surface area contributed by atoms with E-state index in [4.69, 9.17) is 16.9 Å². The number of anilines is 2. The Labute approximate surface area is 116 Å². The van der Waals surface area contributed by atoms with Crippen LogP contribution in [0.2, 0.25) is 5.02 Å². The van der Waals surface area contributed by atoms with E-state index in [1.807, 2.05) is 0 Å². The number of halogens is 5. The molecular formula is C13H5ClF4N2. The summed E-state index contributed by atoms with van der Waals surface area (Å²) in [6.07, 6.45) is 0. The fraction of sp³-hybridized carbons (Fsp3) is 0. The lowest BCUT2D eigenvalue weighted by Gasteiger charge is -2.11. The average molecular weight is 301 g/mol. The van der Waals surface area contributed by atoms with Crippen molar-refractivity contribution in [3.8, 4) is 6.07 Å². The molecule has 0 aliphatic heterocycles. The summed E-state index contributed by atoms with van der Waals surface area (Å²) >= 11 is 5.61. The molecule has 0 atom stereocenters. The van der Waals surface area contributed by atoms with Gasteiger partial charge in [-0.15, -0.1) is 0 Å². The van der Waals surface area contributed by atoms with Crippen LogP contribution in [0.5, 0.6) is 0 Å². The first-order valence-corrected chi connectivity index (χ1v) is 5.61. The Morgan fingerprint density at radius 1 is 0.900 bits per heavy atom. The highest BCUT2D eigenvalue weighted by atomic mass is 35.5. The molecule has 2 nitrogen and oxygen atoms in total. The number of nitrogens with zero attached hydrogens (tertiary/aromatic N) is 1. The predicted molar refractivity (Wildman–Crippen MR) is 65.7 cm³/mol. The van der Waals surface area contributed by atoms with Crippen molar-refractivity contribution in [3.63, 3.8) is 0 Å². The summed E-state index contributed by atoms with van der Waals surface area (Å²) in [7, 11) is 0. The van der Waals surface area contributed by atoms with E-state index in [1.54, 1.807) is 6.07 Å². The van der Waals surface area contributed by atoms with Gasteiger partial charge in [-0.2, -0.15) is 5.26 Å². The molecule has 0 spiro atoms. The predicted octanol–water partition coefficient (Wildman–Crippen LogP) is 4.51. The Hall–Kier alpha value is -2.26. The van der Waals surface area contributed by atoms with Gasteiger partial charge in [0.25, 0.3) is 0 Å². The van der Waals surface area contributed by atoms with Gasteiger partial charge in [-0.1, -0.05) is 11.6 Å². The van der Waals surface area contributed by atoms with Gasteiger partial charge >= 0.3 is 0 Å². The maximum atomic E-state index is 13.6. The van der Waals surface area contributed by atoms with Gasteiger partial charge in [0.15, 0.2) is 17.5 Å². The van der Waals surface area contributed by atoms with Gasteiger partial charge in [0.05, 0.1) is 22.3 Å². The fourth-order valence-corrected chi connectivity index (χ4v) is 1.79. The second-order valence-electron chi connectivity index (χ2n) is 3.80. The van der Waals surface area contributed by atoms with Crippen LogP contribution in [0.25, 0.3) is 0 Å². The molecule has 0 saturated carbocycles. The van der Waals surface area contributed by atoms with Crippen LogP contribution in [0.3, 0.4) is 0 Å². The fourth-order valence-electron chi connectivity index (χ4n) is 1.54. The molecule has 0 aliphatic rings. The highest BCUT2D eigenvalue weighted by Crippen LogP contribution is 2.32. The molecule has 0 aromatic heterocycles. The monoisotopic (exact) mass is 300 g/mol. The zero-order valence-corrected chi connectivity index (χ0v) is 10.4. The summed E-state index contributed by atoms with van der Waals surface area (Å²) in [5.41, 5.74) is -1.37. The van der Waals surface area contributed by atoms with Crippen molar-refractivity contribution in [3.05, 3.63) is 58.1 Å². The number of hydrogen-bond acceptors (Lipinski definition) is 2. The highest BCUT2D eigenvalue weighted by Gasteiger charge is 2.16. The largest absolute Gasteiger partial charge is 0.347 e. The third kappa shape index (κ3) is 2.68. The van der Waals surface area contributed by atoms with Crippen molar-refractivity contribution < 1.29 is 17.6 Å². The zero-order valence-electron chi connectivity index (χ0n) is 9.65. The normalized spacial score (nSPS) is 10.2. The molecule has 0 saturated heterocycles. The number of benzene rings is 2. The van der Waals surface area contributed by atoms with Gasteiger partial charge in [0.2, 0.25) is 0 Å². The van der Waals surface area contributed by atoms with Crippen LogP contribution in [0.4, 0.5) is 28.9 Å². The Balaban J connectivity index is 2.49. The molecule has 7 heteroatoms. The molecule has 102 valence electrons. The number of nitriles is 1. The van der Waals surface area contributed by atoms with Gasteiger partial charge in [-0.25, -0.2) is 17.6 Å². The minimum absolute atomic E-state index is 0.226. The van der Waals surface area contributed by atoms with Gasteiger partial charge in [-0.3, -0.25) is 0 Å². The van der Waals surface area contributed by atoms with Crippen LogP contribution in [0.15, 0.2) is 24.3 Å². The van der Waals surface area contributed by atoms with E-state index in [0.717, 1.165) is 18.2 Å². The maximum absolute atomic E-state index is 13.6. The minimum Gasteiger partial charge on any atom is -0.347 e. The molecule has 2 aromatic rings. The molecule has 2 aromatic carbocycles. The molecule has 0 amide bonds. The lowest BCUT2D eigenvalue weighted by molar-refractivity contribution is 0.581. The van der Waals surface area contributed by atoms with Gasteiger partial charge in [-0.05, 0) is 18.2 Å². The summed E-state index contributed by atoms with van der Waals surface area (Å²) in [4.78, 5) is 0. The summed E-state index contributed by atoms with van der Waals surface area (Å²) in [6, 6.07) is 4.45. The second-order valence-corrected chi connectivity index (χ2v) is 4.20. The Kier molecular flexibility index (Phi) is 3.81. The van der Waals surface area contributed by atoms with Crippen molar-refractivity contribution in [1.82, 2.24) is 0 Å².